The standard InChI is InChI=1S/C15H20N2O2/c18-15(12-4-5-12)16-13-6-8-14(9-7-13)19-17-10-2-1-3-11-17/h6-9,12H,1-5,10-11H2,(H,16,18). The first-order valence-electron chi connectivity index (χ1n) is 7.15. The molecule has 1 amide bonds. The lowest BCUT2D eigenvalue weighted by Crippen LogP contribution is -2.32. The molecular formula is C15H20N2O2. The second-order valence-corrected chi connectivity index (χ2v) is 5.37. The summed E-state index contributed by atoms with van der Waals surface area (Å²) < 4.78 is 0. The van der Waals surface area contributed by atoms with Crippen LogP contribution in [0.15, 0.2) is 24.3 Å². The molecule has 19 heavy (non-hydrogen) atoms. The van der Waals surface area contributed by atoms with Crippen LogP contribution < -0.4 is 10.2 Å². The zero-order valence-electron chi connectivity index (χ0n) is 11.1. The van der Waals surface area contributed by atoms with Crippen molar-refractivity contribution in [2.75, 3.05) is 18.4 Å². The van der Waals surface area contributed by atoms with E-state index in [9.17, 15) is 4.79 Å². The number of hydrogen-bond donors (Lipinski definition) is 1. The summed E-state index contributed by atoms with van der Waals surface area (Å²) in [4.78, 5) is 17.4. The summed E-state index contributed by atoms with van der Waals surface area (Å²) in [6, 6.07) is 7.63. The number of nitrogens with zero attached hydrogens (tertiary/aromatic N) is 1. The summed E-state index contributed by atoms with van der Waals surface area (Å²) in [5.41, 5.74) is 0.850. The summed E-state index contributed by atoms with van der Waals surface area (Å²) in [5, 5.41) is 4.94. The van der Waals surface area contributed by atoms with Gasteiger partial charge in [-0.25, -0.2) is 0 Å². The van der Waals surface area contributed by atoms with Crippen molar-refractivity contribution >= 4 is 11.6 Å². The van der Waals surface area contributed by atoms with E-state index in [2.05, 4.69) is 5.32 Å². The number of carbonyl (C=O) groups is 1. The highest BCUT2D eigenvalue weighted by Gasteiger charge is 2.29. The van der Waals surface area contributed by atoms with Gasteiger partial charge in [-0.15, -0.1) is 5.06 Å². The minimum Gasteiger partial charge on any atom is -0.406 e. The van der Waals surface area contributed by atoms with Crippen molar-refractivity contribution in [1.29, 1.82) is 0 Å². The van der Waals surface area contributed by atoms with Crippen LogP contribution in [-0.2, 0) is 4.79 Å². The topological polar surface area (TPSA) is 41.6 Å². The van der Waals surface area contributed by atoms with Crippen LogP contribution in [-0.4, -0.2) is 24.1 Å². The predicted octanol–water partition coefficient (Wildman–Crippen LogP) is 2.81. The fraction of sp³-hybridized carbons (Fsp3) is 0.533. The summed E-state index contributed by atoms with van der Waals surface area (Å²) in [5.74, 6) is 1.22. The third-order valence-electron chi connectivity index (χ3n) is 3.62. The fourth-order valence-electron chi connectivity index (χ4n) is 2.29. The van der Waals surface area contributed by atoms with Gasteiger partial charge in [-0.1, -0.05) is 6.42 Å². The molecular weight excluding hydrogens is 240 g/mol. The number of amides is 1. The first kappa shape index (κ1) is 12.5. The van der Waals surface area contributed by atoms with E-state index in [0.717, 1.165) is 37.4 Å². The van der Waals surface area contributed by atoms with E-state index in [1.807, 2.05) is 29.3 Å². The van der Waals surface area contributed by atoms with Gasteiger partial charge in [-0.05, 0) is 49.9 Å². The molecule has 2 aliphatic rings. The van der Waals surface area contributed by atoms with Crippen molar-refractivity contribution in [2.24, 2.45) is 5.92 Å². The normalized spacial score (nSPS) is 20.0. The molecule has 4 nitrogen and oxygen atoms in total. The third kappa shape index (κ3) is 3.47. The van der Waals surface area contributed by atoms with Crippen LogP contribution in [0.5, 0.6) is 5.75 Å². The number of rotatable bonds is 4. The Morgan fingerprint density at radius 2 is 1.79 bits per heavy atom. The molecule has 2 fully saturated rings. The molecule has 0 spiro atoms. The summed E-state index contributed by atoms with van der Waals surface area (Å²) in [6.45, 7) is 2.00. The molecule has 0 bridgehead atoms. The molecule has 1 aliphatic carbocycles. The Kier molecular flexibility index (Phi) is 3.69. The largest absolute Gasteiger partial charge is 0.406 e. The Labute approximate surface area is 113 Å². The van der Waals surface area contributed by atoms with Crippen molar-refractivity contribution < 1.29 is 9.63 Å². The van der Waals surface area contributed by atoms with Gasteiger partial charge in [0.15, 0.2) is 0 Å². The second-order valence-electron chi connectivity index (χ2n) is 5.37. The smallest absolute Gasteiger partial charge is 0.227 e. The fourth-order valence-corrected chi connectivity index (χ4v) is 2.29. The van der Waals surface area contributed by atoms with E-state index < -0.39 is 0 Å². The quantitative estimate of drug-likeness (QED) is 0.905. The van der Waals surface area contributed by atoms with Crippen molar-refractivity contribution in [3.05, 3.63) is 24.3 Å². The van der Waals surface area contributed by atoms with Crippen molar-refractivity contribution in [3.8, 4) is 5.75 Å². The molecule has 1 aromatic rings. The Bertz CT molecular complexity index is 434. The second kappa shape index (κ2) is 5.61. The highest BCUT2D eigenvalue weighted by atomic mass is 16.7. The molecule has 4 heteroatoms. The van der Waals surface area contributed by atoms with Crippen molar-refractivity contribution in [1.82, 2.24) is 5.06 Å². The molecule has 1 N–H and O–H groups in total. The average molecular weight is 260 g/mol. The summed E-state index contributed by atoms with van der Waals surface area (Å²) in [7, 11) is 0. The lowest BCUT2D eigenvalue weighted by Gasteiger charge is -2.26. The molecule has 1 saturated carbocycles. The van der Waals surface area contributed by atoms with Crippen LogP contribution in [0.2, 0.25) is 0 Å². The minimum atomic E-state index is 0.143. The third-order valence-corrected chi connectivity index (χ3v) is 3.62. The van der Waals surface area contributed by atoms with E-state index in [1.165, 1.54) is 19.3 Å². The Hall–Kier alpha value is -1.55. The van der Waals surface area contributed by atoms with Gasteiger partial charge in [0.1, 0.15) is 5.75 Å². The predicted molar refractivity (Wildman–Crippen MR) is 73.8 cm³/mol. The van der Waals surface area contributed by atoms with E-state index in [4.69, 9.17) is 4.84 Å². The van der Waals surface area contributed by atoms with Gasteiger partial charge in [0.2, 0.25) is 5.91 Å². The SMILES string of the molecule is O=C(Nc1ccc(ON2CCCCC2)cc1)C1CC1. The number of nitrogens with one attached hydrogen (secondary N) is 1. The number of carbonyl (C=O) groups excluding carboxylic acids is 1. The van der Waals surface area contributed by atoms with Gasteiger partial charge in [0.25, 0.3) is 0 Å². The van der Waals surface area contributed by atoms with Crippen LogP contribution >= 0.6 is 0 Å². The van der Waals surface area contributed by atoms with Crippen LogP contribution in [0.25, 0.3) is 0 Å². The van der Waals surface area contributed by atoms with E-state index in [1.54, 1.807) is 0 Å². The van der Waals surface area contributed by atoms with Crippen LogP contribution in [0, 0.1) is 5.92 Å². The lowest BCUT2D eigenvalue weighted by molar-refractivity contribution is -0.117. The van der Waals surface area contributed by atoms with Gasteiger partial charge in [0, 0.05) is 24.7 Å². The van der Waals surface area contributed by atoms with Crippen LogP contribution in [0.3, 0.4) is 0 Å². The highest BCUT2D eigenvalue weighted by molar-refractivity contribution is 5.94. The van der Waals surface area contributed by atoms with E-state index >= 15 is 0 Å². The average Bonchev–Trinajstić information content (AvgIpc) is 3.27. The van der Waals surface area contributed by atoms with Gasteiger partial charge in [-0.3, -0.25) is 4.79 Å². The molecule has 1 aromatic carbocycles. The zero-order chi connectivity index (χ0) is 13.1. The summed E-state index contributed by atoms with van der Waals surface area (Å²) >= 11 is 0. The highest BCUT2D eigenvalue weighted by Crippen LogP contribution is 2.30. The van der Waals surface area contributed by atoms with E-state index in [0.29, 0.717) is 0 Å². The lowest BCUT2D eigenvalue weighted by atomic mass is 10.2. The molecule has 3 rings (SSSR count). The summed E-state index contributed by atoms with van der Waals surface area (Å²) in [6.07, 6.45) is 5.76. The maximum Gasteiger partial charge on any atom is 0.227 e. The van der Waals surface area contributed by atoms with Gasteiger partial charge >= 0.3 is 0 Å². The van der Waals surface area contributed by atoms with Gasteiger partial charge < -0.3 is 10.2 Å². The molecule has 1 aliphatic heterocycles. The Morgan fingerprint density at radius 3 is 2.42 bits per heavy atom. The van der Waals surface area contributed by atoms with Crippen molar-refractivity contribution in [3.63, 3.8) is 0 Å². The Balaban J connectivity index is 1.54. The maximum atomic E-state index is 11.6. The molecule has 1 saturated heterocycles. The van der Waals surface area contributed by atoms with Gasteiger partial charge in [0.05, 0.1) is 0 Å². The Morgan fingerprint density at radius 1 is 1.11 bits per heavy atom. The van der Waals surface area contributed by atoms with Gasteiger partial charge in [-0.2, -0.15) is 0 Å². The number of hydroxylamine groups is 2. The number of benzene rings is 1. The maximum absolute atomic E-state index is 11.6. The molecule has 102 valence electrons. The molecule has 0 radical (unpaired) electrons. The van der Waals surface area contributed by atoms with Crippen LogP contribution in [0.4, 0.5) is 5.69 Å². The first-order valence-corrected chi connectivity index (χ1v) is 7.15. The zero-order valence-corrected chi connectivity index (χ0v) is 11.1. The van der Waals surface area contributed by atoms with E-state index in [-0.39, 0.29) is 11.8 Å². The molecule has 0 atom stereocenters. The first-order chi connectivity index (χ1) is 9.31. The minimum absolute atomic E-state index is 0.143. The van der Waals surface area contributed by atoms with Crippen LogP contribution in [0.1, 0.15) is 32.1 Å². The van der Waals surface area contributed by atoms with Crippen molar-refractivity contribution in [2.45, 2.75) is 32.1 Å². The molecule has 1 heterocycles. The molecule has 0 unspecified atom stereocenters. The number of piperidine rings is 1. The number of hydrogen-bond acceptors (Lipinski definition) is 3. The molecule has 0 aromatic heterocycles. The number of anilines is 1. The monoisotopic (exact) mass is 260 g/mol.